The van der Waals surface area contributed by atoms with E-state index in [9.17, 15) is 0 Å². The Morgan fingerprint density at radius 1 is 1.36 bits per heavy atom. The molecular formula is C20H31BrO3Si. The van der Waals surface area contributed by atoms with Gasteiger partial charge < -0.3 is 13.6 Å². The van der Waals surface area contributed by atoms with Gasteiger partial charge >= 0.3 is 0 Å². The summed E-state index contributed by atoms with van der Waals surface area (Å²) in [5.41, 5.74) is 0. The van der Waals surface area contributed by atoms with Gasteiger partial charge in [0, 0.05) is 10.9 Å². The van der Waals surface area contributed by atoms with Crippen LogP contribution in [0.2, 0.25) is 18.1 Å². The van der Waals surface area contributed by atoms with E-state index < -0.39 is 8.32 Å². The van der Waals surface area contributed by atoms with Crippen LogP contribution in [0.5, 0.6) is 0 Å². The average Bonchev–Trinajstić information content (AvgIpc) is 2.88. The lowest BCUT2D eigenvalue weighted by atomic mass is 10.2. The zero-order valence-corrected chi connectivity index (χ0v) is 19.0. The Labute approximate surface area is 162 Å². The molecule has 1 rings (SSSR count). The van der Waals surface area contributed by atoms with Crippen LogP contribution in [0.15, 0.2) is 27.6 Å². The smallest absolute Gasteiger partial charge is 0.193 e. The Morgan fingerprint density at radius 3 is 2.56 bits per heavy atom. The van der Waals surface area contributed by atoms with Gasteiger partial charge in [0.15, 0.2) is 8.32 Å². The van der Waals surface area contributed by atoms with Crippen LogP contribution in [0.1, 0.15) is 38.7 Å². The van der Waals surface area contributed by atoms with Crippen LogP contribution in [0.4, 0.5) is 0 Å². The van der Waals surface area contributed by atoms with E-state index in [1.165, 1.54) is 0 Å². The maximum absolute atomic E-state index is 6.50. The predicted molar refractivity (Wildman–Crippen MR) is 110 cm³/mol. The molecule has 0 aliphatic heterocycles. The van der Waals surface area contributed by atoms with Crippen LogP contribution in [0.3, 0.4) is 0 Å². The van der Waals surface area contributed by atoms with E-state index in [1.54, 1.807) is 0 Å². The molecule has 0 saturated carbocycles. The summed E-state index contributed by atoms with van der Waals surface area (Å²) in [4.78, 5) is 0. The first-order chi connectivity index (χ1) is 11.5. The van der Waals surface area contributed by atoms with Gasteiger partial charge in [0.2, 0.25) is 0 Å². The highest BCUT2D eigenvalue weighted by atomic mass is 79.9. The summed E-state index contributed by atoms with van der Waals surface area (Å²) in [6.45, 7) is 17.8. The second-order valence-electron chi connectivity index (χ2n) is 7.75. The second kappa shape index (κ2) is 9.77. The molecule has 0 spiro atoms. The van der Waals surface area contributed by atoms with Gasteiger partial charge in [-0.05, 0) is 43.6 Å². The summed E-state index contributed by atoms with van der Waals surface area (Å²) >= 11 is 3.27. The Balaban J connectivity index is 2.72. The van der Waals surface area contributed by atoms with Gasteiger partial charge in [0.05, 0.1) is 6.61 Å². The highest BCUT2D eigenvalue weighted by molar-refractivity contribution is 9.11. The van der Waals surface area contributed by atoms with Crippen molar-refractivity contribution in [1.82, 2.24) is 0 Å². The van der Waals surface area contributed by atoms with Crippen molar-refractivity contribution >= 4 is 24.2 Å². The van der Waals surface area contributed by atoms with E-state index in [0.29, 0.717) is 13.2 Å². The van der Waals surface area contributed by atoms with Crippen molar-refractivity contribution in [3.05, 3.63) is 34.7 Å². The zero-order chi connectivity index (χ0) is 19.1. The highest BCUT2D eigenvalue weighted by Gasteiger charge is 2.38. The molecule has 1 aromatic rings. The quantitative estimate of drug-likeness (QED) is 0.297. The maximum atomic E-state index is 6.50. The molecule has 0 aliphatic rings. The minimum absolute atomic E-state index is 0.109. The number of halogens is 1. The molecule has 1 aromatic heterocycles. The molecule has 0 radical (unpaired) electrons. The van der Waals surface area contributed by atoms with Crippen molar-refractivity contribution in [2.24, 2.45) is 0 Å². The number of aryl methyl sites for hydroxylation is 2. The van der Waals surface area contributed by atoms with Crippen LogP contribution in [-0.4, -0.2) is 27.6 Å². The standard InChI is InChI=1S/C20H31BrO3Si/c1-16(21)15-22-14-8-9-19(24-25(6,7)20(3,4)5)13-12-18-11-10-17(2)23-18/h10-11,19H,1,12-15H2,2-7H3. The summed E-state index contributed by atoms with van der Waals surface area (Å²) in [6, 6.07) is 4.02. The number of hydrogen-bond acceptors (Lipinski definition) is 3. The molecule has 0 aliphatic carbocycles. The fourth-order valence-electron chi connectivity index (χ4n) is 1.95. The molecule has 1 atom stereocenters. The van der Waals surface area contributed by atoms with Gasteiger partial charge in [0.1, 0.15) is 24.2 Å². The SMILES string of the molecule is C=C(Br)COCC#CC(CCc1ccc(C)o1)O[Si](C)(C)C(C)(C)C. The van der Waals surface area contributed by atoms with Gasteiger partial charge in [0.25, 0.3) is 0 Å². The lowest BCUT2D eigenvalue weighted by molar-refractivity contribution is 0.195. The molecule has 0 fully saturated rings. The zero-order valence-electron chi connectivity index (χ0n) is 16.4. The van der Waals surface area contributed by atoms with Crippen molar-refractivity contribution in [2.75, 3.05) is 13.2 Å². The first-order valence-electron chi connectivity index (χ1n) is 8.64. The van der Waals surface area contributed by atoms with Crippen molar-refractivity contribution in [1.29, 1.82) is 0 Å². The van der Waals surface area contributed by atoms with Gasteiger partial charge in [-0.25, -0.2) is 0 Å². The van der Waals surface area contributed by atoms with Crippen LogP contribution < -0.4 is 0 Å². The molecule has 1 unspecified atom stereocenters. The van der Waals surface area contributed by atoms with E-state index in [2.05, 4.69) is 68.2 Å². The molecular weight excluding hydrogens is 396 g/mol. The monoisotopic (exact) mass is 426 g/mol. The Hall–Kier alpha value is -0.803. The minimum atomic E-state index is -1.88. The number of rotatable bonds is 8. The fraction of sp³-hybridized carbons (Fsp3) is 0.600. The lowest BCUT2D eigenvalue weighted by Gasteiger charge is -2.38. The topological polar surface area (TPSA) is 31.6 Å². The fourth-order valence-corrected chi connectivity index (χ4v) is 3.36. The molecule has 5 heteroatoms. The summed E-state index contributed by atoms with van der Waals surface area (Å²) in [7, 11) is -1.88. The molecule has 0 saturated heterocycles. The third kappa shape index (κ3) is 8.41. The van der Waals surface area contributed by atoms with E-state index >= 15 is 0 Å². The van der Waals surface area contributed by atoms with Crippen molar-refractivity contribution in [3.8, 4) is 11.8 Å². The molecule has 3 nitrogen and oxygen atoms in total. The van der Waals surface area contributed by atoms with Crippen LogP contribution in [0.25, 0.3) is 0 Å². The summed E-state index contributed by atoms with van der Waals surface area (Å²) in [5, 5.41) is 0.151. The summed E-state index contributed by atoms with van der Waals surface area (Å²) < 4.78 is 18.4. The molecule has 0 amide bonds. The number of ether oxygens (including phenoxy) is 1. The molecule has 0 bridgehead atoms. The van der Waals surface area contributed by atoms with Crippen molar-refractivity contribution in [3.63, 3.8) is 0 Å². The number of hydrogen-bond donors (Lipinski definition) is 0. The number of furan rings is 1. The molecule has 0 aromatic carbocycles. The largest absolute Gasteiger partial charge is 0.466 e. The highest BCUT2D eigenvalue weighted by Crippen LogP contribution is 2.37. The van der Waals surface area contributed by atoms with Crippen molar-refractivity contribution in [2.45, 2.75) is 64.8 Å². The lowest BCUT2D eigenvalue weighted by Crippen LogP contribution is -2.43. The molecule has 25 heavy (non-hydrogen) atoms. The minimum Gasteiger partial charge on any atom is -0.466 e. The van der Waals surface area contributed by atoms with E-state index in [-0.39, 0.29) is 11.1 Å². The van der Waals surface area contributed by atoms with Gasteiger partial charge in [-0.3, -0.25) is 0 Å². The average molecular weight is 427 g/mol. The first-order valence-corrected chi connectivity index (χ1v) is 12.3. The maximum Gasteiger partial charge on any atom is 0.193 e. The van der Waals surface area contributed by atoms with Gasteiger partial charge in [-0.1, -0.05) is 55.1 Å². The summed E-state index contributed by atoms with van der Waals surface area (Å²) in [6.07, 6.45) is 1.53. The predicted octanol–water partition coefficient (Wildman–Crippen LogP) is 5.84. The first kappa shape index (κ1) is 22.2. The van der Waals surface area contributed by atoms with Crippen LogP contribution >= 0.6 is 15.9 Å². The Kier molecular flexibility index (Phi) is 8.69. The summed E-state index contributed by atoms with van der Waals surface area (Å²) in [5.74, 6) is 8.26. The second-order valence-corrected chi connectivity index (χ2v) is 13.6. The van der Waals surface area contributed by atoms with Crippen LogP contribution in [0, 0.1) is 18.8 Å². The van der Waals surface area contributed by atoms with Crippen molar-refractivity contribution < 1.29 is 13.6 Å². The molecule has 0 N–H and O–H groups in total. The normalized spacial score (nSPS) is 13.2. The van der Waals surface area contributed by atoms with Crippen LogP contribution in [-0.2, 0) is 15.6 Å². The van der Waals surface area contributed by atoms with E-state index in [0.717, 1.165) is 28.8 Å². The van der Waals surface area contributed by atoms with E-state index in [4.69, 9.17) is 13.6 Å². The Bertz CT molecular complexity index is 617. The Morgan fingerprint density at radius 2 is 2.04 bits per heavy atom. The third-order valence-corrected chi connectivity index (χ3v) is 9.10. The van der Waals surface area contributed by atoms with Gasteiger partial charge in [-0.15, -0.1) is 0 Å². The van der Waals surface area contributed by atoms with Gasteiger partial charge in [-0.2, -0.15) is 0 Å². The van der Waals surface area contributed by atoms with E-state index in [1.807, 2.05) is 19.1 Å². The molecule has 1 heterocycles. The molecule has 140 valence electrons. The third-order valence-electron chi connectivity index (χ3n) is 4.39.